The Morgan fingerprint density at radius 2 is 1.72 bits per heavy atom. The van der Waals surface area contributed by atoms with Crippen LogP contribution in [0.5, 0.6) is 0 Å². The van der Waals surface area contributed by atoms with Crippen LogP contribution in [0.4, 0.5) is 17.5 Å². The van der Waals surface area contributed by atoms with Crippen molar-refractivity contribution in [1.29, 1.82) is 0 Å². The van der Waals surface area contributed by atoms with Crippen molar-refractivity contribution in [1.82, 2.24) is 9.97 Å². The maximum Gasteiger partial charge on any atom is 0.232 e. The van der Waals surface area contributed by atoms with E-state index < -0.39 is 0 Å². The third-order valence-corrected chi connectivity index (χ3v) is 5.14. The lowest BCUT2D eigenvalue weighted by atomic mass is 10.0. The van der Waals surface area contributed by atoms with Gasteiger partial charge < -0.3 is 9.80 Å². The van der Waals surface area contributed by atoms with Gasteiger partial charge in [0.25, 0.3) is 0 Å². The lowest BCUT2D eigenvalue weighted by Crippen LogP contribution is -2.30. The summed E-state index contributed by atoms with van der Waals surface area (Å²) in [6.07, 6.45) is 1.05. The Hall–Kier alpha value is -2.10. The maximum atomic E-state index is 5.01. The normalized spacial score (nSPS) is 13.5. The van der Waals surface area contributed by atoms with Gasteiger partial charge in [-0.3, -0.25) is 0 Å². The summed E-state index contributed by atoms with van der Waals surface area (Å²) in [5.74, 6) is 1.94. The Morgan fingerprint density at radius 1 is 1.08 bits per heavy atom. The van der Waals surface area contributed by atoms with Crippen molar-refractivity contribution >= 4 is 17.5 Å². The van der Waals surface area contributed by atoms with E-state index >= 15 is 0 Å². The lowest BCUT2D eigenvalue weighted by Gasteiger charge is -2.28. The summed E-state index contributed by atoms with van der Waals surface area (Å²) in [7, 11) is 0. The predicted octanol–water partition coefficient (Wildman–Crippen LogP) is 4.64. The highest BCUT2D eigenvalue weighted by molar-refractivity contribution is 5.68. The minimum atomic E-state index is 0.460. The first kappa shape index (κ1) is 17.7. The number of benzene rings is 1. The molecule has 0 N–H and O–H groups in total. The van der Waals surface area contributed by atoms with Gasteiger partial charge in [-0.1, -0.05) is 17.7 Å². The Bertz CT molecular complexity index is 772. The molecule has 0 saturated carbocycles. The Kier molecular flexibility index (Phi) is 4.72. The molecule has 4 heteroatoms. The van der Waals surface area contributed by atoms with Gasteiger partial charge in [0.1, 0.15) is 5.82 Å². The average molecular weight is 338 g/mol. The van der Waals surface area contributed by atoms with Crippen LogP contribution < -0.4 is 9.80 Å². The monoisotopic (exact) mass is 338 g/mol. The molecule has 0 radical (unpaired) electrons. The molecule has 0 amide bonds. The van der Waals surface area contributed by atoms with Crippen LogP contribution in [0.25, 0.3) is 0 Å². The largest absolute Gasteiger partial charge is 0.353 e. The Labute approximate surface area is 151 Å². The molecular weight excluding hydrogens is 308 g/mol. The fourth-order valence-electron chi connectivity index (χ4n) is 4.06. The first-order valence-electron chi connectivity index (χ1n) is 9.33. The van der Waals surface area contributed by atoms with Gasteiger partial charge in [0.15, 0.2) is 0 Å². The molecule has 134 valence electrons. The molecule has 0 aliphatic carbocycles. The summed E-state index contributed by atoms with van der Waals surface area (Å²) in [5, 5.41) is 0. The van der Waals surface area contributed by atoms with Gasteiger partial charge in [0.05, 0.1) is 0 Å². The number of rotatable bonds is 4. The highest BCUT2D eigenvalue weighted by atomic mass is 15.3. The number of hydrogen-bond donors (Lipinski definition) is 0. The van der Waals surface area contributed by atoms with Crippen LogP contribution in [0, 0.1) is 27.7 Å². The zero-order valence-corrected chi connectivity index (χ0v) is 16.6. The van der Waals surface area contributed by atoms with E-state index in [4.69, 9.17) is 9.97 Å². The summed E-state index contributed by atoms with van der Waals surface area (Å²) < 4.78 is 0. The van der Waals surface area contributed by atoms with E-state index in [1.54, 1.807) is 0 Å². The van der Waals surface area contributed by atoms with Crippen molar-refractivity contribution in [2.24, 2.45) is 0 Å². The topological polar surface area (TPSA) is 32.3 Å². The SMILES string of the molecule is CCN(c1nc(C)c2c(n1)N(C(C)C)CC2)c1c(C)cc(C)cc1C. The summed E-state index contributed by atoms with van der Waals surface area (Å²) in [5.41, 5.74) is 7.52. The quantitative estimate of drug-likeness (QED) is 0.813. The molecule has 0 fully saturated rings. The van der Waals surface area contributed by atoms with Gasteiger partial charge in [-0.15, -0.1) is 0 Å². The van der Waals surface area contributed by atoms with Crippen LogP contribution in [-0.4, -0.2) is 29.1 Å². The van der Waals surface area contributed by atoms with Gasteiger partial charge in [-0.2, -0.15) is 4.98 Å². The number of fused-ring (bicyclic) bond motifs is 1. The molecule has 0 bridgehead atoms. The first-order valence-corrected chi connectivity index (χ1v) is 9.33. The number of anilines is 3. The van der Waals surface area contributed by atoms with Crippen molar-refractivity contribution in [3.05, 3.63) is 40.1 Å². The minimum absolute atomic E-state index is 0.460. The molecule has 0 atom stereocenters. The summed E-state index contributed by atoms with van der Waals surface area (Å²) in [4.78, 5) is 14.5. The average Bonchev–Trinajstić information content (AvgIpc) is 2.95. The number of aromatic nitrogens is 2. The molecule has 1 aromatic heterocycles. The van der Waals surface area contributed by atoms with E-state index in [1.807, 2.05) is 0 Å². The van der Waals surface area contributed by atoms with Gasteiger partial charge >= 0.3 is 0 Å². The smallest absolute Gasteiger partial charge is 0.232 e. The van der Waals surface area contributed by atoms with E-state index in [1.165, 1.54) is 27.9 Å². The Balaban J connectivity index is 2.12. The van der Waals surface area contributed by atoms with Crippen LogP contribution in [0.1, 0.15) is 48.7 Å². The molecule has 1 aliphatic rings. The van der Waals surface area contributed by atoms with E-state index in [0.29, 0.717) is 6.04 Å². The van der Waals surface area contributed by atoms with Crippen LogP contribution in [0.15, 0.2) is 12.1 Å². The van der Waals surface area contributed by atoms with Crippen molar-refractivity contribution < 1.29 is 0 Å². The zero-order valence-electron chi connectivity index (χ0n) is 16.6. The zero-order chi connectivity index (χ0) is 18.3. The molecule has 0 saturated heterocycles. The van der Waals surface area contributed by atoms with Crippen LogP contribution in [0.2, 0.25) is 0 Å². The molecule has 2 aromatic rings. The van der Waals surface area contributed by atoms with Crippen LogP contribution in [-0.2, 0) is 6.42 Å². The van der Waals surface area contributed by atoms with Crippen molar-refractivity contribution in [3.63, 3.8) is 0 Å². The van der Waals surface area contributed by atoms with Gasteiger partial charge in [-0.05, 0) is 66.0 Å². The second kappa shape index (κ2) is 6.66. The Morgan fingerprint density at radius 3 is 2.28 bits per heavy atom. The van der Waals surface area contributed by atoms with Crippen LogP contribution in [0.3, 0.4) is 0 Å². The summed E-state index contributed by atoms with van der Waals surface area (Å²) in [6, 6.07) is 4.94. The summed E-state index contributed by atoms with van der Waals surface area (Å²) >= 11 is 0. The molecule has 2 heterocycles. The van der Waals surface area contributed by atoms with Gasteiger partial charge in [-0.25, -0.2) is 4.98 Å². The first-order chi connectivity index (χ1) is 11.8. The molecule has 0 unspecified atom stereocenters. The van der Waals surface area contributed by atoms with E-state index in [2.05, 4.69) is 70.4 Å². The molecule has 25 heavy (non-hydrogen) atoms. The predicted molar refractivity (Wildman–Crippen MR) is 106 cm³/mol. The third kappa shape index (κ3) is 3.10. The highest BCUT2D eigenvalue weighted by Crippen LogP contribution is 2.35. The van der Waals surface area contributed by atoms with E-state index in [9.17, 15) is 0 Å². The number of hydrogen-bond acceptors (Lipinski definition) is 4. The second-order valence-electron chi connectivity index (χ2n) is 7.44. The van der Waals surface area contributed by atoms with Gasteiger partial charge in [0, 0.05) is 36.1 Å². The summed E-state index contributed by atoms with van der Waals surface area (Å²) in [6.45, 7) is 17.2. The van der Waals surface area contributed by atoms with Crippen molar-refractivity contribution in [2.75, 3.05) is 22.9 Å². The molecule has 4 nitrogen and oxygen atoms in total. The fraction of sp³-hybridized carbons (Fsp3) is 0.524. The van der Waals surface area contributed by atoms with E-state index in [-0.39, 0.29) is 0 Å². The van der Waals surface area contributed by atoms with Crippen LogP contribution >= 0.6 is 0 Å². The van der Waals surface area contributed by atoms with E-state index in [0.717, 1.165) is 37.0 Å². The third-order valence-electron chi connectivity index (χ3n) is 5.14. The highest BCUT2D eigenvalue weighted by Gasteiger charge is 2.27. The number of aryl methyl sites for hydroxylation is 4. The molecule has 0 spiro atoms. The molecule has 3 rings (SSSR count). The van der Waals surface area contributed by atoms with Gasteiger partial charge in [0.2, 0.25) is 5.95 Å². The van der Waals surface area contributed by atoms with Crippen molar-refractivity contribution in [3.8, 4) is 0 Å². The second-order valence-corrected chi connectivity index (χ2v) is 7.44. The lowest BCUT2D eigenvalue weighted by molar-refractivity contribution is 0.702. The molecular formula is C21H30N4. The number of nitrogens with zero attached hydrogens (tertiary/aromatic N) is 4. The standard InChI is InChI=1S/C21H30N4/c1-8-24(19-15(5)11-14(4)12-16(19)6)21-22-17(7)18-9-10-25(13(2)3)20(18)23-21/h11-13H,8-10H2,1-7H3. The fourth-order valence-corrected chi connectivity index (χ4v) is 4.06. The van der Waals surface area contributed by atoms with Crippen molar-refractivity contribution in [2.45, 2.75) is 60.9 Å². The molecule has 1 aromatic carbocycles. The maximum absolute atomic E-state index is 5.01. The minimum Gasteiger partial charge on any atom is -0.353 e. The molecule has 1 aliphatic heterocycles.